The van der Waals surface area contributed by atoms with Crippen molar-refractivity contribution in [2.75, 3.05) is 25.0 Å². The van der Waals surface area contributed by atoms with Crippen molar-refractivity contribution in [3.8, 4) is 5.75 Å². The number of likely N-dealkylation sites (tertiary alicyclic amines) is 1. The molecule has 1 amide bonds. The van der Waals surface area contributed by atoms with Gasteiger partial charge in [-0.05, 0) is 87.5 Å². The fraction of sp³-hybridized carbons (Fsp3) is 0.519. The molecule has 0 radical (unpaired) electrons. The number of ether oxygens (including phenoxy) is 1. The Labute approximate surface area is 197 Å². The molecule has 5 heteroatoms. The van der Waals surface area contributed by atoms with E-state index >= 15 is 0 Å². The monoisotopic (exact) mass is 454 g/mol. The molecule has 2 aromatic rings. The number of benzene rings is 2. The highest BCUT2D eigenvalue weighted by molar-refractivity contribution is 6.30. The highest BCUT2D eigenvalue weighted by Crippen LogP contribution is 2.42. The van der Waals surface area contributed by atoms with Gasteiger partial charge in [-0.25, -0.2) is 0 Å². The maximum absolute atomic E-state index is 13.3. The summed E-state index contributed by atoms with van der Waals surface area (Å²) in [6.07, 6.45) is 8.90. The van der Waals surface area contributed by atoms with Crippen LogP contribution >= 0.6 is 11.6 Å². The summed E-state index contributed by atoms with van der Waals surface area (Å²) in [5.41, 5.74) is 1.40. The van der Waals surface area contributed by atoms with Gasteiger partial charge in [-0.15, -0.1) is 0 Å². The number of nitrogens with one attached hydrogen (secondary N) is 1. The van der Waals surface area contributed by atoms with Crippen molar-refractivity contribution in [1.29, 1.82) is 0 Å². The van der Waals surface area contributed by atoms with Gasteiger partial charge in [0.2, 0.25) is 5.91 Å². The van der Waals surface area contributed by atoms with E-state index in [1.165, 1.54) is 25.8 Å². The Hall–Kier alpha value is -2.04. The number of piperidine rings is 1. The molecule has 4 nitrogen and oxygen atoms in total. The molecule has 0 aromatic heterocycles. The van der Waals surface area contributed by atoms with Crippen molar-refractivity contribution in [2.45, 2.75) is 69.7 Å². The Morgan fingerprint density at radius 3 is 2.47 bits per heavy atom. The van der Waals surface area contributed by atoms with Gasteiger partial charge in [0.15, 0.2) is 0 Å². The number of amides is 1. The molecule has 172 valence electrons. The molecule has 0 spiro atoms. The van der Waals surface area contributed by atoms with Crippen LogP contribution in [0.5, 0.6) is 5.75 Å². The van der Waals surface area contributed by atoms with Crippen molar-refractivity contribution in [1.82, 2.24) is 4.90 Å². The van der Waals surface area contributed by atoms with Gasteiger partial charge < -0.3 is 15.0 Å². The average molecular weight is 455 g/mol. The van der Waals surface area contributed by atoms with Gasteiger partial charge in [0.25, 0.3) is 0 Å². The van der Waals surface area contributed by atoms with E-state index in [4.69, 9.17) is 16.3 Å². The molecule has 1 heterocycles. The number of hydrogen-bond donors (Lipinski definition) is 1. The molecular weight excluding hydrogens is 420 g/mol. The van der Waals surface area contributed by atoms with Crippen LogP contribution in [0.15, 0.2) is 48.5 Å². The molecule has 1 saturated heterocycles. The second-order valence-corrected chi connectivity index (χ2v) is 9.79. The summed E-state index contributed by atoms with van der Waals surface area (Å²) in [5.74, 6) is 0.921. The quantitative estimate of drug-likeness (QED) is 0.467. The Kier molecular flexibility index (Phi) is 7.75. The smallest absolute Gasteiger partial charge is 0.235 e. The normalized spacial score (nSPS) is 20.8. The Morgan fingerprint density at radius 1 is 1.06 bits per heavy atom. The maximum Gasteiger partial charge on any atom is 0.235 e. The van der Waals surface area contributed by atoms with Gasteiger partial charge in [-0.1, -0.05) is 43.0 Å². The van der Waals surface area contributed by atoms with Gasteiger partial charge in [-0.3, -0.25) is 4.79 Å². The van der Waals surface area contributed by atoms with Crippen molar-refractivity contribution in [3.05, 3.63) is 59.1 Å². The SMILES string of the molecule is C[C@H]1CCCCN1CCCOc1ccc(NC(=O)C2(c3ccc(Cl)cc3)CCCC2)cc1. The van der Waals surface area contributed by atoms with Crippen LogP contribution in [0.4, 0.5) is 5.69 Å². The minimum absolute atomic E-state index is 0.0710. The number of nitrogens with zero attached hydrogens (tertiary/aromatic N) is 1. The van der Waals surface area contributed by atoms with Crippen molar-refractivity contribution < 1.29 is 9.53 Å². The lowest BCUT2D eigenvalue weighted by Gasteiger charge is -2.33. The third kappa shape index (κ3) is 5.47. The van der Waals surface area contributed by atoms with Crippen LogP contribution in [-0.4, -0.2) is 36.5 Å². The largest absolute Gasteiger partial charge is 0.494 e. The van der Waals surface area contributed by atoms with Crippen LogP contribution in [0.1, 0.15) is 63.9 Å². The average Bonchev–Trinajstić information content (AvgIpc) is 3.31. The fourth-order valence-electron chi connectivity index (χ4n) is 5.23. The zero-order chi connectivity index (χ0) is 22.4. The fourth-order valence-corrected chi connectivity index (χ4v) is 5.35. The molecule has 0 unspecified atom stereocenters. The van der Waals surface area contributed by atoms with Gasteiger partial charge in [0, 0.05) is 23.3 Å². The second-order valence-electron chi connectivity index (χ2n) is 9.36. The lowest BCUT2D eigenvalue weighted by Crippen LogP contribution is -2.38. The van der Waals surface area contributed by atoms with Crippen LogP contribution in [-0.2, 0) is 10.2 Å². The van der Waals surface area contributed by atoms with Crippen molar-refractivity contribution >= 4 is 23.2 Å². The summed E-state index contributed by atoms with van der Waals surface area (Å²) in [6, 6.07) is 16.2. The van der Waals surface area contributed by atoms with Gasteiger partial charge >= 0.3 is 0 Å². The van der Waals surface area contributed by atoms with Gasteiger partial charge in [0.1, 0.15) is 5.75 Å². The Balaban J connectivity index is 1.30. The zero-order valence-corrected chi connectivity index (χ0v) is 19.9. The summed E-state index contributed by atoms with van der Waals surface area (Å²) >= 11 is 6.06. The summed E-state index contributed by atoms with van der Waals surface area (Å²) in [6.45, 7) is 5.36. The number of rotatable bonds is 8. The lowest BCUT2D eigenvalue weighted by atomic mass is 9.78. The molecule has 32 heavy (non-hydrogen) atoms. The Morgan fingerprint density at radius 2 is 1.78 bits per heavy atom. The van der Waals surface area contributed by atoms with Crippen LogP contribution in [0.3, 0.4) is 0 Å². The highest BCUT2D eigenvalue weighted by atomic mass is 35.5. The molecule has 0 bridgehead atoms. The lowest BCUT2D eigenvalue weighted by molar-refractivity contribution is -0.121. The number of carbonyl (C=O) groups excluding carboxylic acids is 1. The third-order valence-corrected chi connectivity index (χ3v) is 7.45. The van der Waals surface area contributed by atoms with Crippen LogP contribution in [0, 0.1) is 0 Å². The molecule has 2 fully saturated rings. The minimum Gasteiger partial charge on any atom is -0.494 e. The van der Waals surface area contributed by atoms with Crippen LogP contribution < -0.4 is 10.1 Å². The molecule has 2 aromatic carbocycles. The van der Waals surface area contributed by atoms with Gasteiger partial charge in [-0.2, -0.15) is 0 Å². The van der Waals surface area contributed by atoms with E-state index < -0.39 is 5.41 Å². The zero-order valence-electron chi connectivity index (χ0n) is 19.1. The maximum atomic E-state index is 13.3. The topological polar surface area (TPSA) is 41.6 Å². The first-order valence-electron chi connectivity index (χ1n) is 12.1. The molecule has 1 aliphatic carbocycles. The summed E-state index contributed by atoms with van der Waals surface area (Å²) in [7, 11) is 0. The highest BCUT2D eigenvalue weighted by Gasteiger charge is 2.42. The summed E-state index contributed by atoms with van der Waals surface area (Å²) in [4.78, 5) is 15.9. The number of halogens is 1. The van der Waals surface area contributed by atoms with Gasteiger partial charge in [0.05, 0.1) is 12.0 Å². The number of hydrogen-bond acceptors (Lipinski definition) is 3. The van der Waals surface area contributed by atoms with E-state index in [-0.39, 0.29) is 5.91 Å². The second kappa shape index (κ2) is 10.7. The van der Waals surface area contributed by atoms with Crippen LogP contribution in [0.25, 0.3) is 0 Å². The predicted molar refractivity (Wildman–Crippen MR) is 132 cm³/mol. The first-order valence-corrected chi connectivity index (χ1v) is 12.5. The Bertz CT molecular complexity index is 876. The molecular formula is C27H35ClN2O2. The van der Waals surface area contributed by atoms with E-state index in [0.717, 1.165) is 55.6 Å². The summed E-state index contributed by atoms with van der Waals surface area (Å²) in [5, 5.41) is 3.84. The van der Waals surface area contributed by atoms with E-state index in [1.54, 1.807) is 0 Å². The molecule has 4 rings (SSSR count). The molecule has 1 N–H and O–H groups in total. The predicted octanol–water partition coefficient (Wildman–Crippen LogP) is 6.43. The number of anilines is 1. The molecule has 1 atom stereocenters. The van der Waals surface area contributed by atoms with Crippen LogP contribution in [0.2, 0.25) is 5.02 Å². The minimum atomic E-state index is -0.467. The molecule has 1 saturated carbocycles. The van der Waals surface area contributed by atoms with E-state index in [2.05, 4.69) is 17.1 Å². The molecule has 2 aliphatic rings. The van der Waals surface area contributed by atoms with E-state index in [0.29, 0.717) is 17.7 Å². The first kappa shape index (κ1) is 23.1. The van der Waals surface area contributed by atoms with Crippen molar-refractivity contribution in [3.63, 3.8) is 0 Å². The summed E-state index contributed by atoms with van der Waals surface area (Å²) < 4.78 is 5.94. The third-order valence-electron chi connectivity index (χ3n) is 7.20. The van der Waals surface area contributed by atoms with Crippen molar-refractivity contribution in [2.24, 2.45) is 0 Å². The number of carbonyl (C=O) groups is 1. The molecule has 1 aliphatic heterocycles. The first-order chi connectivity index (χ1) is 15.6. The van der Waals surface area contributed by atoms with E-state index in [9.17, 15) is 4.79 Å². The van der Waals surface area contributed by atoms with E-state index in [1.807, 2.05) is 48.5 Å². The standard InChI is InChI=1S/C27H35ClN2O2/c1-21-7-2-5-18-30(21)19-6-20-32-25-14-12-24(13-15-25)29-26(31)27(16-3-4-17-27)22-8-10-23(28)11-9-22/h8-15,21H,2-7,16-20H2,1H3,(H,29,31)/t21-/m0/s1.